The van der Waals surface area contributed by atoms with Crippen LogP contribution in [0.2, 0.25) is 0 Å². The van der Waals surface area contributed by atoms with Crippen LogP contribution in [0.15, 0.2) is 42.5 Å². The van der Waals surface area contributed by atoms with Gasteiger partial charge in [0.2, 0.25) is 0 Å². The third kappa shape index (κ3) is 2.95. The first-order valence-electron chi connectivity index (χ1n) is 9.02. The summed E-state index contributed by atoms with van der Waals surface area (Å²) in [6.45, 7) is 1.10. The van der Waals surface area contributed by atoms with Gasteiger partial charge in [0.1, 0.15) is 0 Å². The Morgan fingerprint density at radius 2 is 1.86 bits per heavy atom. The summed E-state index contributed by atoms with van der Waals surface area (Å²) in [4.78, 5) is 40.3. The highest BCUT2D eigenvalue weighted by atomic mass is 16.6. The average molecular weight is 383 g/mol. The van der Waals surface area contributed by atoms with E-state index >= 15 is 0 Å². The number of cyclic esters (lactones) is 2. The van der Waals surface area contributed by atoms with E-state index in [4.69, 9.17) is 9.47 Å². The quantitative estimate of drug-likeness (QED) is 0.717. The van der Waals surface area contributed by atoms with Crippen molar-refractivity contribution < 1.29 is 23.9 Å². The van der Waals surface area contributed by atoms with Crippen molar-refractivity contribution in [3.05, 3.63) is 48.2 Å². The van der Waals surface area contributed by atoms with Crippen LogP contribution in [0.25, 0.3) is 10.9 Å². The van der Waals surface area contributed by atoms with Gasteiger partial charge in [-0.2, -0.15) is 0 Å². The molecule has 2 aliphatic heterocycles. The second-order valence-electron chi connectivity index (χ2n) is 7.11. The van der Waals surface area contributed by atoms with Gasteiger partial charge in [-0.05, 0) is 31.6 Å². The number of aromatic nitrogens is 1. The number of benzene rings is 1. The minimum absolute atomic E-state index is 0.368. The number of hydrogen-bond donors (Lipinski definition) is 0. The van der Waals surface area contributed by atoms with E-state index in [1.54, 1.807) is 19.0 Å². The fraction of sp³-hybridized carbons (Fsp3) is 0.350. The first-order valence-corrected chi connectivity index (χ1v) is 9.02. The first kappa shape index (κ1) is 18.2. The zero-order valence-corrected chi connectivity index (χ0v) is 15.8. The Hall–Kier alpha value is -3.13. The lowest BCUT2D eigenvalue weighted by molar-refractivity contribution is -0.204. The van der Waals surface area contributed by atoms with Gasteiger partial charge < -0.3 is 18.9 Å². The standard InChI is InChI=1S/C20H21N3O5/c1-21(2)20(13-27-17(24)7-8-18(25)28-20)19(26)22-9-10-23-15(12-22)11-14-5-3-4-6-16(14)23/h3-8,11H,9-10,12-13H2,1-2H3/b8-7-. The van der Waals surface area contributed by atoms with E-state index in [9.17, 15) is 14.4 Å². The summed E-state index contributed by atoms with van der Waals surface area (Å²) < 4.78 is 12.8. The largest absolute Gasteiger partial charge is 0.456 e. The van der Waals surface area contributed by atoms with Gasteiger partial charge in [-0.15, -0.1) is 0 Å². The molecule has 0 fully saturated rings. The number of ether oxygens (including phenoxy) is 2. The second kappa shape index (κ2) is 6.79. The van der Waals surface area contributed by atoms with Crippen molar-refractivity contribution in [2.75, 3.05) is 27.2 Å². The lowest BCUT2D eigenvalue weighted by Crippen LogP contribution is -2.63. The van der Waals surface area contributed by atoms with Gasteiger partial charge in [0.15, 0.2) is 6.61 Å². The molecule has 28 heavy (non-hydrogen) atoms. The predicted octanol–water partition coefficient (Wildman–Crippen LogP) is 0.898. The van der Waals surface area contributed by atoms with E-state index < -0.39 is 23.6 Å². The maximum absolute atomic E-state index is 13.4. The van der Waals surface area contributed by atoms with Crippen LogP contribution < -0.4 is 0 Å². The number of nitrogens with zero attached hydrogens (tertiary/aromatic N) is 3. The highest BCUT2D eigenvalue weighted by Gasteiger charge is 2.49. The van der Waals surface area contributed by atoms with Gasteiger partial charge >= 0.3 is 11.9 Å². The molecular formula is C20H21N3O5. The second-order valence-corrected chi connectivity index (χ2v) is 7.11. The molecule has 0 N–H and O–H groups in total. The number of amides is 1. The number of carbonyl (C=O) groups is 3. The highest BCUT2D eigenvalue weighted by Crippen LogP contribution is 2.27. The van der Waals surface area contributed by atoms with Gasteiger partial charge in [-0.3, -0.25) is 9.69 Å². The summed E-state index contributed by atoms with van der Waals surface area (Å²) in [6.07, 6.45) is 1.97. The summed E-state index contributed by atoms with van der Waals surface area (Å²) in [5.74, 6) is -1.86. The molecule has 8 heteroatoms. The summed E-state index contributed by atoms with van der Waals surface area (Å²) in [5.41, 5.74) is 0.429. The Labute approximate surface area is 161 Å². The molecule has 8 nitrogen and oxygen atoms in total. The molecule has 146 valence electrons. The number of esters is 2. The minimum Gasteiger partial charge on any atom is -0.456 e. The molecule has 1 aromatic heterocycles. The predicted molar refractivity (Wildman–Crippen MR) is 100.0 cm³/mol. The van der Waals surface area contributed by atoms with Gasteiger partial charge in [-0.1, -0.05) is 18.2 Å². The van der Waals surface area contributed by atoms with Crippen LogP contribution in [-0.2, 0) is 36.9 Å². The van der Waals surface area contributed by atoms with E-state index in [1.807, 2.05) is 18.2 Å². The maximum atomic E-state index is 13.4. The molecular weight excluding hydrogens is 362 g/mol. The molecule has 0 aliphatic carbocycles. The minimum atomic E-state index is -1.70. The number of likely N-dealkylation sites (N-methyl/N-ethyl adjacent to an activating group) is 1. The number of rotatable bonds is 2. The molecule has 1 atom stereocenters. The van der Waals surface area contributed by atoms with Crippen molar-refractivity contribution >= 4 is 28.7 Å². The Morgan fingerprint density at radius 3 is 2.64 bits per heavy atom. The van der Waals surface area contributed by atoms with Gasteiger partial charge in [0.05, 0.1) is 6.54 Å². The SMILES string of the molecule is CN(C)C1(C(=O)N2CCn3c(cc4ccccc43)C2)COC(=O)/C=C\C(=O)O1. The molecule has 2 aliphatic rings. The summed E-state index contributed by atoms with van der Waals surface area (Å²) in [5, 5.41) is 1.12. The number of fused-ring (bicyclic) bond motifs is 3. The van der Waals surface area contributed by atoms with Crippen LogP contribution in [0.1, 0.15) is 5.69 Å². The highest BCUT2D eigenvalue weighted by molar-refractivity contribution is 5.96. The number of hydrogen-bond acceptors (Lipinski definition) is 6. The fourth-order valence-corrected chi connectivity index (χ4v) is 3.68. The lowest BCUT2D eigenvalue weighted by Gasteiger charge is -2.41. The zero-order chi connectivity index (χ0) is 19.9. The average Bonchev–Trinajstić information content (AvgIpc) is 3.05. The van der Waals surface area contributed by atoms with Gasteiger partial charge in [0.25, 0.3) is 11.6 Å². The number of para-hydroxylation sites is 1. The molecule has 0 bridgehead atoms. The van der Waals surface area contributed by atoms with Crippen LogP contribution in [0, 0.1) is 0 Å². The van der Waals surface area contributed by atoms with Crippen LogP contribution in [0.4, 0.5) is 0 Å². The molecule has 0 saturated carbocycles. The molecule has 3 heterocycles. The third-order valence-electron chi connectivity index (χ3n) is 5.22. The van der Waals surface area contributed by atoms with E-state index in [0.717, 1.165) is 28.7 Å². The smallest absolute Gasteiger partial charge is 0.333 e. The van der Waals surface area contributed by atoms with E-state index in [-0.39, 0.29) is 6.61 Å². The van der Waals surface area contributed by atoms with Crippen LogP contribution in [0.5, 0.6) is 0 Å². The first-order chi connectivity index (χ1) is 13.4. The van der Waals surface area contributed by atoms with Crippen molar-refractivity contribution in [3.63, 3.8) is 0 Å². The molecule has 0 saturated heterocycles. The number of carbonyl (C=O) groups excluding carboxylic acids is 3. The van der Waals surface area contributed by atoms with Gasteiger partial charge in [0, 0.05) is 36.5 Å². The molecule has 1 unspecified atom stereocenters. The van der Waals surface area contributed by atoms with Crippen molar-refractivity contribution in [2.24, 2.45) is 0 Å². The summed E-state index contributed by atoms with van der Waals surface area (Å²) in [6, 6.07) is 10.1. The Balaban J connectivity index is 1.65. The van der Waals surface area contributed by atoms with Crippen LogP contribution >= 0.6 is 0 Å². The topological polar surface area (TPSA) is 81.1 Å². The third-order valence-corrected chi connectivity index (χ3v) is 5.22. The van der Waals surface area contributed by atoms with Crippen molar-refractivity contribution in [1.29, 1.82) is 0 Å². The van der Waals surface area contributed by atoms with Crippen LogP contribution in [-0.4, -0.2) is 65.2 Å². The summed E-state index contributed by atoms with van der Waals surface area (Å²) in [7, 11) is 3.23. The Bertz CT molecular complexity index is 993. The molecule has 0 radical (unpaired) electrons. The van der Waals surface area contributed by atoms with Crippen molar-refractivity contribution in [2.45, 2.75) is 18.8 Å². The Kier molecular flexibility index (Phi) is 4.43. The molecule has 1 aromatic carbocycles. The molecule has 2 aromatic rings. The Morgan fingerprint density at radius 1 is 1.11 bits per heavy atom. The van der Waals surface area contributed by atoms with E-state index in [0.29, 0.717) is 19.6 Å². The zero-order valence-electron chi connectivity index (χ0n) is 15.8. The normalized spacial score (nSPS) is 23.6. The van der Waals surface area contributed by atoms with Crippen LogP contribution in [0.3, 0.4) is 0 Å². The summed E-state index contributed by atoms with van der Waals surface area (Å²) >= 11 is 0. The molecule has 4 rings (SSSR count). The van der Waals surface area contributed by atoms with E-state index in [1.165, 1.54) is 4.90 Å². The molecule has 1 amide bonds. The van der Waals surface area contributed by atoms with Crippen molar-refractivity contribution in [1.82, 2.24) is 14.4 Å². The van der Waals surface area contributed by atoms with E-state index in [2.05, 4.69) is 16.7 Å². The van der Waals surface area contributed by atoms with Crippen molar-refractivity contribution in [3.8, 4) is 0 Å². The lowest BCUT2D eigenvalue weighted by atomic mass is 10.1. The maximum Gasteiger partial charge on any atom is 0.333 e. The molecule has 0 spiro atoms. The fourth-order valence-electron chi connectivity index (χ4n) is 3.68. The monoisotopic (exact) mass is 383 g/mol. The van der Waals surface area contributed by atoms with Gasteiger partial charge in [-0.25, -0.2) is 9.59 Å².